The van der Waals surface area contributed by atoms with Crippen LogP contribution in [0, 0.1) is 11.8 Å². The van der Waals surface area contributed by atoms with Gasteiger partial charge in [-0.3, -0.25) is 9.69 Å². The summed E-state index contributed by atoms with van der Waals surface area (Å²) in [6.45, 7) is -12.5. The number of fused-ring (bicyclic) bond motifs is 1. The van der Waals surface area contributed by atoms with E-state index in [9.17, 15) is 4.79 Å². The standard InChI is InChI=1S/C24H29NO3/c1-27-22-14-19-13-20(24(26)21(19)15-23(22)28-2)12-17-8-10-25(11-9-17)16-18-6-4-3-5-7-18/h3-7,14-15,17,20H,8-13,16H2,1-2H3/i3D,4D,5D,6D,7D,8D2,9D2,10D2,11D2,12D2,14D,15D,16D2,17D. The molecule has 0 spiro atoms. The first kappa shape index (κ1) is 6.60. The van der Waals surface area contributed by atoms with Gasteiger partial charge in [0.15, 0.2) is 17.3 Å². The Morgan fingerprint density at radius 1 is 1.18 bits per heavy atom. The summed E-state index contributed by atoms with van der Waals surface area (Å²) in [5, 5.41) is 0. The van der Waals surface area contributed by atoms with Gasteiger partial charge in [0.05, 0.1) is 23.8 Å². The summed E-state index contributed by atoms with van der Waals surface area (Å²) < 4.78 is 182. The van der Waals surface area contributed by atoms with Gasteiger partial charge in [0, 0.05) is 35.8 Å². The summed E-state index contributed by atoms with van der Waals surface area (Å²) in [5.41, 5.74) is -2.27. The molecule has 0 bridgehead atoms. The van der Waals surface area contributed by atoms with Gasteiger partial charge in [-0.15, -0.1) is 0 Å². The zero-order valence-electron chi connectivity index (χ0n) is 35.0. The van der Waals surface area contributed by atoms with Crippen LogP contribution in [0.2, 0.25) is 0 Å². The van der Waals surface area contributed by atoms with Crippen LogP contribution < -0.4 is 9.47 Å². The Bertz CT molecular complexity index is 1670. The van der Waals surface area contributed by atoms with Crippen molar-refractivity contribution in [3.63, 3.8) is 0 Å². The Morgan fingerprint density at radius 3 is 2.54 bits per heavy atom. The van der Waals surface area contributed by atoms with Crippen LogP contribution in [0.1, 0.15) is 68.0 Å². The highest BCUT2D eigenvalue weighted by Crippen LogP contribution is 2.39. The van der Waals surface area contributed by atoms with E-state index in [-0.39, 0.29) is 11.3 Å². The number of hydrogen-bond acceptors (Lipinski definition) is 4. The first-order chi connectivity index (χ1) is 21.5. The van der Waals surface area contributed by atoms with Gasteiger partial charge in [0.25, 0.3) is 0 Å². The molecule has 28 heavy (non-hydrogen) atoms. The third kappa shape index (κ3) is 3.93. The number of Topliss-reactive ketones (excluding diaryl/α,β-unsaturated/α-hetero) is 1. The Labute approximate surface area is 195 Å². The second-order valence-electron chi connectivity index (χ2n) is 5.73. The van der Waals surface area contributed by atoms with Crippen molar-refractivity contribution < 1.29 is 41.7 Å². The number of nitrogens with zero attached hydrogens (tertiary/aromatic N) is 1. The monoisotopic (exact) mass is 399 g/mol. The van der Waals surface area contributed by atoms with Crippen molar-refractivity contribution in [2.24, 2.45) is 11.8 Å². The van der Waals surface area contributed by atoms with Gasteiger partial charge in [-0.1, -0.05) is 30.2 Å². The van der Waals surface area contributed by atoms with Crippen LogP contribution >= 0.6 is 0 Å². The maximum Gasteiger partial charge on any atom is 0.166 e. The van der Waals surface area contributed by atoms with Gasteiger partial charge >= 0.3 is 0 Å². The summed E-state index contributed by atoms with van der Waals surface area (Å²) in [6.07, 6.45) is -13.3. The Kier molecular flexibility index (Phi) is 1.97. The molecule has 148 valence electrons. The smallest absolute Gasteiger partial charge is 0.166 e. The summed E-state index contributed by atoms with van der Waals surface area (Å²) in [5.74, 6) is -8.61. The Balaban J connectivity index is 2.00. The van der Waals surface area contributed by atoms with Crippen molar-refractivity contribution in [3.8, 4) is 11.5 Å². The third-order valence-corrected chi connectivity index (χ3v) is 4.02. The molecule has 0 saturated carbocycles. The van der Waals surface area contributed by atoms with Gasteiger partial charge in [-0.25, -0.2) is 0 Å². The Hall–Kier alpha value is -2.33. The molecular weight excluding hydrogens is 350 g/mol. The number of carbonyl (C=O) groups is 1. The number of piperidine rings is 1. The quantitative estimate of drug-likeness (QED) is 0.723. The lowest BCUT2D eigenvalue weighted by atomic mass is 9.85. The lowest BCUT2D eigenvalue weighted by molar-refractivity contribution is 0.0895. The largest absolute Gasteiger partial charge is 0.493 e. The van der Waals surface area contributed by atoms with E-state index >= 15 is 0 Å². The van der Waals surface area contributed by atoms with Crippen molar-refractivity contribution in [1.29, 1.82) is 0 Å². The van der Waals surface area contributed by atoms with Crippen molar-refractivity contribution in [1.82, 2.24) is 4.90 Å². The molecule has 1 saturated heterocycles. The van der Waals surface area contributed by atoms with Crippen LogP contribution in [0.15, 0.2) is 42.3 Å². The molecule has 0 N–H and O–H groups in total. The SMILES string of the molecule is [2H]c1c([2H])c([2H])c(C([2H])([2H])N2C([2H])([2H])C([2H])([2H])C([2H])(C([2H])([2H])C3Cc4c([2H])c(OC)c(OC)c([2H])c4C3=O)C([2H])([2H])C2([2H])[2H])c([2H])c1[2H]. The molecule has 0 radical (unpaired) electrons. The molecule has 4 rings (SSSR count). The van der Waals surface area contributed by atoms with Gasteiger partial charge in [0.2, 0.25) is 0 Å². The number of ketones is 1. The van der Waals surface area contributed by atoms with Gasteiger partial charge in [-0.2, -0.15) is 0 Å². The molecule has 4 heteroatoms. The van der Waals surface area contributed by atoms with E-state index in [1.807, 2.05) is 0 Å². The van der Waals surface area contributed by atoms with Crippen molar-refractivity contribution in [2.75, 3.05) is 27.2 Å². The van der Waals surface area contributed by atoms with Gasteiger partial charge in [-0.05, 0) is 67.6 Å². The van der Waals surface area contributed by atoms with E-state index in [2.05, 4.69) is 0 Å². The number of methoxy groups -OCH3 is 2. The maximum atomic E-state index is 13.8. The predicted octanol–water partition coefficient (Wildman–Crippen LogP) is 4.36. The molecule has 0 amide bonds. The normalized spacial score (nSPS) is 39.9. The molecule has 1 aliphatic carbocycles. The highest BCUT2D eigenvalue weighted by atomic mass is 16.5. The number of carbonyl (C=O) groups excluding carboxylic acids is 1. The first-order valence-corrected chi connectivity index (χ1v) is 8.19. The summed E-state index contributed by atoms with van der Waals surface area (Å²) in [6, 6.07) is -7.02. The van der Waals surface area contributed by atoms with E-state index in [1.165, 1.54) is 0 Å². The van der Waals surface area contributed by atoms with Crippen LogP contribution in [0.25, 0.3) is 0 Å². The minimum Gasteiger partial charge on any atom is -0.493 e. The lowest BCUT2D eigenvalue weighted by Crippen LogP contribution is -2.34. The zero-order valence-corrected chi connectivity index (χ0v) is 15.0. The van der Waals surface area contributed by atoms with Crippen molar-refractivity contribution >= 4 is 5.78 Å². The molecule has 2 aliphatic rings. The van der Waals surface area contributed by atoms with E-state index in [4.69, 9.17) is 36.9 Å². The van der Waals surface area contributed by atoms with Crippen LogP contribution in [0.4, 0.5) is 0 Å². The highest BCUT2D eigenvalue weighted by molar-refractivity contribution is 6.02. The minimum atomic E-state index is -4.31. The number of hydrogen-bond donors (Lipinski definition) is 0. The second kappa shape index (κ2) is 8.36. The molecule has 1 aliphatic heterocycles. The van der Waals surface area contributed by atoms with Crippen LogP contribution in [-0.4, -0.2) is 37.9 Å². The highest BCUT2D eigenvalue weighted by Gasteiger charge is 2.34. The molecule has 2 aromatic rings. The molecule has 0 aromatic heterocycles. The first-order valence-electron chi connectivity index (χ1n) is 18.2. The number of ether oxygens (including phenoxy) is 2. The molecule has 2 aromatic carbocycles. The van der Waals surface area contributed by atoms with Crippen LogP contribution in [0.5, 0.6) is 11.5 Å². The lowest BCUT2D eigenvalue weighted by Gasteiger charge is -2.32. The molecule has 1 atom stereocenters. The predicted molar refractivity (Wildman–Crippen MR) is 110 cm³/mol. The van der Waals surface area contributed by atoms with E-state index in [0.717, 1.165) is 14.2 Å². The third-order valence-electron chi connectivity index (χ3n) is 4.02. The fraction of sp³-hybridized carbons (Fsp3) is 0.458. The van der Waals surface area contributed by atoms with Gasteiger partial charge in [0.1, 0.15) is 0 Å². The number of benzene rings is 2. The fourth-order valence-electron chi connectivity index (χ4n) is 2.74. The maximum absolute atomic E-state index is 13.8. The molecule has 1 unspecified atom stereocenters. The van der Waals surface area contributed by atoms with Crippen LogP contribution in [0.3, 0.4) is 0 Å². The fourth-order valence-corrected chi connectivity index (χ4v) is 2.74. The molecule has 1 fully saturated rings. The molecule has 4 nitrogen and oxygen atoms in total. The van der Waals surface area contributed by atoms with Crippen molar-refractivity contribution in [3.05, 3.63) is 59.0 Å². The van der Waals surface area contributed by atoms with E-state index in [1.54, 1.807) is 0 Å². The summed E-state index contributed by atoms with van der Waals surface area (Å²) in [7, 11) is 2.22. The topological polar surface area (TPSA) is 38.8 Å². The van der Waals surface area contributed by atoms with E-state index < -0.39 is 127 Å². The second-order valence-corrected chi connectivity index (χ2v) is 5.73. The number of likely N-dealkylation sites (tertiary alicyclic amines) is 1. The van der Waals surface area contributed by atoms with Crippen molar-refractivity contribution in [2.45, 2.75) is 32.0 Å². The van der Waals surface area contributed by atoms with E-state index in [0.29, 0.717) is 0 Å². The summed E-state index contributed by atoms with van der Waals surface area (Å²) in [4.78, 5) is 13.1. The average Bonchev–Trinajstić information content (AvgIpc) is 3.32. The zero-order chi connectivity index (χ0) is 37.3. The molecular formula is C24H29NO3. The van der Waals surface area contributed by atoms with Crippen LogP contribution in [-0.2, 0) is 12.9 Å². The van der Waals surface area contributed by atoms with Gasteiger partial charge < -0.3 is 9.47 Å². The summed E-state index contributed by atoms with van der Waals surface area (Å²) >= 11 is 0. The average molecular weight is 400 g/mol. The Morgan fingerprint density at radius 2 is 1.86 bits per heavy atom. The number of rotatable bonds is 6. The molecule has 1 heterocycles. The minimum absolute atomic E-state index is 0.303.